The van der Waals surface area contributed by atoms with E-state index in [0.29, 0.717) is 5.69 Å². The van der Waals surface area contributed by atoms with Gasteiger partial charge in [0.25, 0.3) is 0 Å². The molecule has 1 aromatic heterocycles. The fraction of sp³-hybridized carbons (Fsp3) is 0.250. The number of aryl methyl sites for hydroxylation is 1. The molecule has 0 radical (unpaired) electrons. The van der Waals surface area contributed by atoms with Gasteiger partial charge in [0.15, 0.2) is 0 Å². The average Bonchev–Trinajstić information content (AvgIpc) is 2.77. The molecule has 1 aromatic carbocycles. The summed E-state index contributed by atoms with van der Waals surface area (Å²) in [5, 5.41) is 12.4. The Hall–Kier alpha value is -1.46. The molecule has 2 rings (SSSR count). The Labute approximate surface area is 103 Å². The Morgan fingerprint density at radius 2 is 2.29 bits per heavy atom. The summed E-state index contributed by atoms with van der Waals surface area (Å²) in [4.78, 5) is 4.89. The SMILES string of the molecule is Cc1cc(F)cc(NC(CO)c2cncs2)c1. The number of anilines is 1. The summed E-state index contributed by atoms with van der Waals surface area (Å²) in [6, 6.07) is 4.47. The van der Waals surface area contributed by atoms with E-state index in [1.54, 1.807) is 11.7 Å². The molecule has 0 fully saturated rings. The summed E-state index contributed by atoms with van der Waals surface area (Å²) in [5.74, 6) is -0.284. The number of nitrogens with zero attached hydrogens (tertiary/aromatic N) is 1. The first kappa shape index (κ1) is 12.0. The molecule has 1 unspecified atom stereocenters. The highest BCUT2D eigenvalue weighted by atomic mass is 32.1. The molecule has 0 aliphatic heterocycles. The topological polar surface area (TPSA) is 45.1 Å². The average molecular weight is 252 g/mol. The first-order valence-electron chi connectivity index (χ1n) is 5.22. The lowest BCUT2D eigenvalue weighted by Gasteiger charge is -2.16. The Morgan fingerprint density at radius 1 is 1.47 bits per heavy atom. The van der Waals surface area contributed by atoms with Gasteiger partial charge in [-0.25, -0.2) is 4.39 Å². The lowest BCUT2D eigenvalue weighted by molar-refractivity contribution is 0.277. The molecule has 0 aliphatic rings. The van der Waals surface area contributed by atoms with Crippen molar-refractivity contribution in [3.8, 4) is 0 Å². The van der Waals surface area contributed by atoms with Crippen molar-refractivity contribution < 1.29 is 9.50 Å². The van der Waals surface area contributed by atoms with Crippen LogP contribution in [0.4, 0.5) is 10.1 Å². The molecule has 90 valence electrons. The summed E-state index contributed by atoms with van der Waals surface area (Å²) in [7, 11) is 0. The maximum Gasteiger partial charge on any atom is 0.125 e. The van der Waals surface area contributed by atoms with Crippen LogP contribution >= 0.6 is 11.3 Å². The van der Waals surface area contributed by atoms with Crippen LogP contribution in [0.15, 0.2) is 29.9 Å². The summed E-state index contributed by atoms with van der Waals surface area (Å²) in [5.41, 5.74) is 3.21. The van der Waals surface area contributed by atoms with Gasteiger partial charge >= 0.3 is 0 Å². The molecule has 2 aromatic rings. The van der Waals surface area contributed by atoms with Crippen LogP contribution in [0.5, 0.6) is 0 Å². The van der Waals surface area contributed by atoms with Crippen molar-refractivity contribution in [1.29, 1.82) is 0 Å². The highest BCUT2D eigenvalue weighted by Crippen LogP contribution is 2.23. The van der Waals surface area contributed by atoms with Gasteiger partial charge in [-0.2, -0.15) is 0 Å². The Balaban J connectivity index is 2.18. The molecule has 3 nitrogen and oxygen atoms in total. The van der Waals surface area contributed by atoms with E-state index in [2.05, 4.69) is 10.3 Å². The highest BCUT2D eigenvalue weighted by Gasteiger charge is 2.12. The third-order valence-corrected chi connectivity index (χ3v) is 3.25. The number of thiazole rings is 1. The zero-order chi connectivity index (χ0) is 12.3. The first-order valence-corrected chi connectivity index (χ1v) is 6.10. The Kier molecular flexibility index (Phi) is 3.71. The van der Waals surface area contributed by atoms with Gasteiger partial charge in [0, 0.05) is 16.8 Å². The first-order chi connectivity index (χ1) is 8.19. The number of hydrogen-bond acceptors (Lipinski definition) is 4. The van der Waals surface area contributed by atoms with Crippen molar-refractivity contribution in [2.45, 2.75) is 13.0 Å². The zero-order valence-electron chi connectivity index (χ0n) is 9.35. The summed E-state index contributed by atoms with van der Waals surface area (Å²) in [6.07, 6.45) is 1.70. The predicted molar refractivity (Wildman–Crippen MR) is 66.7 cm³/mol. The minimum atomic E-state index is -0.284. The molecule has 0 aliphatic carbocycles. The second-order valence-corrected chi connectivity index (χ2v) is 4.72. The van der Waals surface area contributed by atoms with Crippen molar-refractivity contribution in [1.82, 2.24) is 4.98 Å². The number of aliphatic hydroxyl groups excluding tert-OH is 1. The Morgan fingerprint density at radius 3 is 2.88 bits per heavy atom. The molecule has 5 heteroatoms. The van der Waals surface area contributed by atoms with E-state index in [1.165, 1.54) is 23.5 Å². The van der Waals surface area contributed by atoms with Crippen LogP contribution in [0.2, 0.25) is 0 Å². The standard InChI is InChI=1S/C12H13FN2OS/c1-8-2-9(13)4-10(3-8)15-11(6-16)12-5-14-7-17-12/h2-5,7,11,15-16H,6H2,1H3. The summed E-state index contributed by atoms with van der Waals surface area (Å²) in [6.45, 7) is 1.77. The number of halogens is 1. The molecule has 0 spiro atoms. The molecule has 1 heterocycles. The van der Waals surface area contributed by atoms with Gasteiger partial charge in [-0.05, 0) is 30.7 Å². The maximum atomic E-state index is 13.2. The summed E-state index contributed by atoms with van der Waals surface area (Å²) >= 11 is 1.46. The van der Waals surface area contributed by atoms with Crippen LogP contribution in [-0.4, -0.2) is 16.7 Å². The highest BCUT2D eigenvalue weighted by molar-refractivity contribution is 7.09. The van der Waals surface area contributed by atoms with Crippen molar-refractivity contribution in [3.63, 3.8) is 0 Å². The largest absolute Gasteiger partial charge is 0.394 e. The Bertz CT molecular complexity index is 467. The normalized spacial score (nSPS) is 12.4. The van der Waals surface area contributed by atoms with Gasteiger partial charge in [0.2, 0.25) is 0 Å². The molecule has 0 saturated carbocycles. The van der Waals surface area contributed by atoms with Gasteiger partial charge in [0.1, 0.15) is 5.82 Å². The second kappa shape index (κ2) is 5.25. The van der Waals surface area contributed by atoms with E-state index in [1.807, 2.05) is 13.0 Å². The predicted octanol–water partition coefficient (Wildman–Crippen LogP) is 2.74. The van der Waals surface area contributed by atoms with Gasteiger partial charge in [-0.15, -0.1) is 11.3 Å². The molecule has 2 N–H and O–H groups in total. The number of nitrogens with one attached hydrogen (secondary N) is 1. The van der Waals surface area contributed by atoms with Gasteiger partial charge in [-0.3, -0.25) is 4.98 Å². The molecular formula is C12H13FN2OS. The monoisotopic (exact) mass is 252 g/mol. The molecular weight excluding hydrogens is 239 g/mol. The van der Waals surface area contributed by atoms with Gasteiger partial charge in [0.05, 0.1) is 18.2 Å². The fourth-order valence-electron chi connectivity index (χ4n) is 1.63. The number of benzene rings is 1. The zero-order valence-corrected chi connectivity index (χ0v) is 10.2. The van der Waals surface area contributed by atoms with Crippen molar-refractivity contribution >= 4 is 17.0 Å². The van der Waals surface area contributed by atoms with Crippen LogP contribution < -0.4 is 5.32 Å². The number of rotatable bonds is 4. The van der Waals surface area contributed by atoms with E-state index >= 15 is 0 Å². The summed E-state index contributed by atoms with van der Waals surface area (Å²) < 4.78 is 13.2. The van der Waals surface area contributed by atoms with Crippen LogP contribution in [-0.2, 0) is 0 Å². The maximum absolute atomic E-state index is 13.2. The van der Waals surface area contributed by atoms with Crippen LogP contribution in [0.1, 0.15) is 16.5 Å². The third kappa shape index (κ3) is 3.01. The van der Waals surface area contributed by atoms with Gasteiger partial charge < -0.3 is 10.4 Å². The van der Waals surface area contributed by atoms with Gasteiger partial charge in [-0.1, -0.05) is 0 Å². The van der Waals surface area contributed by atoms with Crippen LogP contribution in [0.25, 0.3) is 0 Å². The van der Waals surface area contributed by atoms with E-state index in [0.717, 1.165) is 10.4 Å². The number of aliphatic hydroxyl groups is 1. The number of hydrogen-bond donors (Lipinski definition) is 2. The second-order valence-electron chi connectivity index (χ2n) is 3.80. The number of aromatic nitrogens is 1. The van der Waals surface area contributed by atoms with Crippen LogP contribution in [0.3, 0.4) is 0 Å². The van der Waals surface area contributed by atoms with E-state index in [-0.39, 0.29) is 18.5 Å². The third-order valence-electron chi connectivity index (χ3n) is 2.36. The quantitative estimate of drug-likeness (QED) is 0.879. The molecule has 0 saturated heterocycles. The van der Waals surface area contributed by atoms with E-state index < -0.39 is 0 Å². The van der Waals surface area contributed by atoms with E-state index in [4.69, 9.17) is 0 Å². The minimum absolute atomic E-state index is 0.0578. The molecule has 17 heavy (non-hydrogen) atoms. The minimum Gasteiger partial charge on any atom is -0.394 e. The lowest BCUT2D eigenvalue weighted by atomic mass is 10.2. The van der Waals surface area contributed by atoms with Crippen LogP contribution in [0, 0.1) is 12.7 Å². The van der Waals surface area contributed by atoms with Crippen molar-refractivity contribution in [2.24, 2.45) is 0 Å². The van der Waals surface area contributed by atoms with Crippen molar-refractivity contribution in [3.05, 3.63) is 46.2 Å². The smallest absolute Gasteiger partial charge is 0.125 e. The molecule has 0 amide bonds. The van der Waals surface area contributed by atoms with Crippen molar-refractivity contribution in [2.75, 3.05) is 11.9 Å². The lowest BCUT2D eigenvalue weighted by Crippen LogP contribution is -2.13. The van der Waals surface area contributed by atoms with E-state index in [9.17, 15) is 9.50 Å². The molecule has 1 atom stereocenters. The molecule has 0 bridgehead atoms. The fourth-order valence-corrected chi connectivity index (χ4v) is 2.29.